The molecule has 1 aromatic carbocycles. The van der Waals surface area contributed by atoms with Gasteiger partial charge in [0, 0.05) is 28.8 Å². The summed E-state index contributed by atoms with van der Waals surface area (Å²) in [5.41, 5.74) is 3.13. The Morgan fingerprint density at radius 3 is 2.85 bits per heavy atom. The molecule has 106 valence electrons. The molecule has 4 heteroatoms. The third kappa shape index (κ3) is 3.58. The van der Waals surface area contributed by atoms with Crippen LogP contribution in [-0.4, -0.2) is 10.1 Å². The maximum atomic E-state index is 10.0. The van der Waals surface area contributed by atoms with Crippen LogP contribution >= 0.6 is 15.9 Å². The highest BCUT2D eigenvalue weighted by Gasteiger charge is 2.14. The van der Waals surface area contributed by atoms with Gasteiger partial charge in [-0.1, -0.05) is 28.9 Å². The standard InChI is InChI=1S/C16H19BrN2O/c1-3-14(13-9-12(17)6-7-16(13)20)19-10-15-11(2)5-4-8-18-15/h4-9,14,19-20H,3,10H2,1-2H3. The largest absolute Gasteiger partial charge is 0.508 e. The van der Waals surface area contributed by atoms with Gasteiger partial charge in [-0.2, -0.15) is 0 Å². The average molecular weight is 335 g/mol. The Morgan fingerprint density at radius 2 is 2.15 bits per heavy atom. The number of benzene rings is 1. The zero-order valence-corrected chi connectivity index (χ0v) is 13.3. The van der Waals surface area contributed by atoms with E-state index in [2.05, 4.69) is 46.1 Å². The first-order chi connectivity index (χ1) is 9.61. The van der Waals surface area contributed by atoms with Gasteiger partial charge in [0.15, 0.2) is 0 Å². The van der Waals surface area contributed by atoms with E-state index >= 15 is 0 Å². The van der Waals surface area contributed by atoms with Crippen molar-refractivity contribution in [3.8, 4) is 5.75 Å². The van der Waals surface area contributed by atoms with Gasteiger partial charge in [-0.3, -0.25) is 4.98 Å². The monoisotopic (exact) mass is 334 g/mol. The van der Waals surface area contributed by atoms with Gasteiger partial charge < -0.3 is 10.4 Å². The summed E-state index contributed by atoms with van der Waals surface area (Å²) in [6, 6.07) is 9.62. The van der Waals surface area contributed by atoms with Crippen molar-refractivity contribution >= 4 is 15.9 Å². The van der Waals surface area contributed by atoms with Crippen LogP contribution in [-0.2, 0) is 6.54 Å². The van der Waals surface area contributed by atoms with Crippen LogP contribution in [0, 0.1) is 6.92 Å². The number of hydrogen-bond acceptors (Lipinski definition) is 3. The molecule has 1 heterocycles. The number of pyridine rings is 1. The lowest BCUT2D eigenvalue weighted by Crippen LogP contribution is -2.21. The smallest absolute Gasteiger partial charge is 0.120 e. The fourth-order valence-corrected chi connectivity index (χ4v) is 2.58. The summed E-state index contributed by atoms with van der Waals surface area (Å²) < 4.78 is 0.972. The molecule has 1 atom stereocenters. The fraction of sp³-hybridized carbons (Fsp3) is 0.312. The quantitative estimate of drug-likeness (QED) is 0.865. The van der Waals surface area contributed by atoms with Crippen molar-refractivity contribution < 1.29 is 5.11 Å². The number of nitrogens with one attached hydrogen (secondary N) is 1. The van der Waals surface area contributed by atoms with Gasteiger partial charge in [-0.05, 0) is 43.2 Å². The van der Waals surface area contributed by atoms with Crippen LogP contribution in [0.1, 0.15) is 36.2 Å². The molecule has 2 rings (SSSR count). The zero-order chi connectivity index (χ0) is 14.5. The third-order valence-corrected chi connectivity index (χ3v) is 3.90. The van der Waals surface area contributed by atoms with Crippen molar-refractivity contribution in [1.29, 1.82) is 0 Å². The molecule has 2 aromatic rings. The number of aryl methyl sites for hydroxylation is 1. The molecule has 0 amide bonds. The number of rotatable bonds is 5. The summed E-state index contributed by atoms with van der Waals surface area (Å²) in [4.78, 5) is 4.38. The Kier molecular flexibility index (Phi) is 5.15. The fourth-order valence-electron chi connectivity index (χ4n) is 2.20. The number of phenols is 1. The van der Waals surface area contributed by atoms with Crippen molar-refractivity contribution in [3.05, 3.63) is 57.8 Å². The first-order valence-electron chi connectivity index (χ1n) is 6.74. The van der Waals surface area contributed by atoms with Crippen molar-refractivity contribution in [1.82, 2.24) is 10.3 Å². The minimum atomic E-state index is 0.105. The van der Waals surface area contributed by atoms with Crippen molar-refractivity contribution in [3.63, 3.8) is 0 Å². The average Bonchev–Trinajstić information content (AvgIpc) is 2.45. The second-order valence-corrected chi connectivity index (χ2v) is 5.73. The van der Waals surface area contributed by atoms with Crippen molar-refractivity contribution in [2.45, 2.75) is 32.9 Å². The summed E-state index contributed by atoms with van der Waals surface area (Å²) in [6.45, 7) is 4.85. The lowest BCUT2D eigenvalue weighted by atomic mass is 10.0. The minimum Gasteiger partial charge on any atom is -0.508 e. The molecule has 1 aromatic heterocycles. The highest BCUT2D eigenvalue weighted by Crippen LogP contribution is 2.29. The number of hydrogen-bond donors (Lipinski definition) is 2. The number of halogens is 1. The Labute approximate surface area is 128 Å². The first-order valence-corrected chi connectivity index (χ1v) is 7.53. The summed E-state index contributed by atoms with van der Waals surface area (Å²) in [7, 11) is 0. The van der Waals surface area contributed by atoms with E-state index in [1.54, 1.807) is 6.07 Å². The minimum absolute atomic E-state index is 0.105. The lowest BCUT2D eigenvalue weighted by Gasteiger charge is -2.19. The molecule has 0 radical (unpaired) electrons. The molecule has 0 aliphatic rings. The molecule has 0 spiro atoms. The Bertz CT molecular complexity index is 586. The van der Waals surface area contributed by atoms with E-state index in [1.807, 2.05) is 24.4 Å². The van der Waals surface area contributed by atoms with E-state index in [9.17, 15) is 5.11 Å². The van der Waals surface area contributed by atoms with Crippen LogP contribution in [0.25, 0.3) is 0 Å². The highest BCUT2D eigenvalue weighted by atomic mass is 79.9. The topological polar surface area (TPSA) is 45.2 Å². The Balaban J connectivity index is 2.13. The molecule has 2 N–H and O–H groups in total. The second-order valence-electron chi connectivity index (χ2n) is 4.81. The van der Waals surface area contributed by atoms with Gasteiger partial charge in [-0.15, -0.1) is 0 Å². The summed E-state index contributed by atoms with van der Waals surface area (Å²) in [6.07, 6.45) is 2.71. The van der Waals surface area contributed by atoms with E-state index < -0.39 is 0 Å². The molecule has 0 fully saturated rings. The van der Waals surface area contributed by atoms with Crippen molar-refractivity contribution in [2.24, 2.45) is 0 Å². The normalized spacial score (nSPS) is 12.3. The summed E-state index contributed by atoms with van der Waals surface area (Å²) in [5.74, 6) is 0.324. The van der Waals surface area contributed by atoms with Gasteiger partial charge >= 0.3 is 0 Å². The predicted octanol–water partition coefficient (Wildman–Crippen LogP) is 4.10. The predicted molar refractivity (Wildman–Crippen MR) is 84.7 cm³/mol. The zero-order valence-electron chi connectivity index (χ0n) is 11.7. The maximum absolute atomic E-state index is 10.0. The van der Waals surface area contributed by atoms with Crippen LogP contribution in [0.4, 0.5) is 0 Å². The van der Waals surface area contributed by atoms with Crippen LogP contribution in [0.5, 0.6) is 5.75 Å². The van der Waals surface area contributed by atoms with Crippen LogP contribution < -0.4 is 5.32 Å². The molecule has 0 bridgehead atoms. The highest BCUT2D eigenvalue weighted by molar-refractivity contribution is 9.10. The molecule has 0 aliphatic heterocycles. The number of aromatic nitrogens is 1. The van der Waals surface area contributed by atoms with Gasteiger partial charge in [0.2, 0.25) is 0 Å². The first kappa shape index (κ1) is 15.0. The molecule has 0 aliphatic carbocycles. The molecular weight excluding hydrogens is 316 g/mol. The molecule has 1 unspecified atom stereocenters. The SMILES string of the molecule is CCC(NCc1ncccc1C)c1cc(Br)ccc1O. The van der Waals surface area contributed by atoms with Crippen molar-refractivity contribution in [2.75, 3.05) is 0 Å². The second kappa shape index (κ2) is 6.86. The number of aromatic hydroxyl groups is 1. The van der Waals surface area contributed by atoms with Gasteiger partial charge in [0.25, 0.3) is 0 Å². The van der Waals surface area contributed by atoms with E-state index in [4.69, 9.17) is 0 Å². The molecule has 20 heavy (non-hydrogen) atoms. The van der Waals surface area contributed by atoms with Crippen LogP contribution in [0.15, 0.2) is 41.0 Å². The van der Waals surface area contributed by atoms with Crippen LogP contribution in [0.2, 0.25) is 0 Å². The number of nitrogens with zero attached hydrogens (tertiary/aromatic N) is 1. The van der Waals surface area contributed by atoms with E-state index in [0.29, 0.717) is 12.3 Å². The lowest BCUT2D eigenvalue weighted by molar-refractivity contribution is 0.439. The maximum Gasteiger partial charge on any atom is 0.120 e. The summed E-state index contributed by atoms with van der Waals surface area (Å²) in [5, 5.41) is 13.5. The third-order valence-electron chi connectivity index (χ3n) is 3.41. The van der Waals surface area contributed by atoms with E-state index in [-0.39, 0.29) is 6.04 Å². The molecule has 0 saturated carbocycles. The number of phenolic OH excluding ortho intramolecular Hbond substituents is 1. The Hall–Kier alpha value is -1.39. The molecule has 0 saturated heterocycles. The van der Waals surface area contributed by atoms with Gasteiger partial charge in [-0.25, -0.2) is 0 Å². The molecular formula is C16H19BrN2O. The van der Waals surface area contributed by atoms with Gasteiger partial charge in [0.1, 0.15) is 5.75 Å². The summed E-state index contributed by atoms with van der Waals surface area (Å²) >= 11 is 3.45. The van der Waals surface area contributed by atoms with E-state index in [1.165, 1.54) is 5.56 Å². The Morgan fingerprint density at radius 1 is 1.35 bits per heavy atom. The molecule has 3 nitrogen and oxygen atoms in total. The van der Waals surface area contributed by atoms with Crippen LogP contribution in [0.3, 0.4) is 0 Å². The van der Waals surface area contributed by atoms with E-state index in [0.717, 1.165) is 22.2 Å². The van der Waals surface area contributed by atoms with Gasteiger partial charge in [0.05, 0.1) is 5.69 Å².